The van der Waals surface area contributed by atoms with Gasteiger partial charge in [0.05, 0.1) is 12.1 Å². The average Bonchev–Trinajstić information content (AvgIpc) is 2.36. The highest BCUT2D eigenvalue weighted by molar-refractivity contribution is 6.32. The van der Waals surface area contributed by atoms with Gasteiger partial charge in [-0.1, -0.05) is 11.6 Å². The maximum atomic E-state index is 6.20. The highest BCUT2D eigenvalue weighted by Crippen LogP contribution is 2.32. The Hall–Kier alpha value is -0.730. The van der Waals surface area contributed by atoms with Gasteiger partial charge in [0.2, 0.25) is 0 Å². The number of benzene rings is 1. The first kappa shape index (κ1) is 13.7. The molecule has 0 atom stereocenters. The molecule has 2 N–H and O–H groups in total. The summed E-state index contributed by atoms with van der Waals surface area (Å²) in [7, 11) is 1.66. The molecule has 1 fully saturated rings. The topological polar surface area (TPSA) is 35.2 Å². The second kappa shape index (κ2) is 5.94. The standard InChI is InChI=1S/C15H22ClNO/c1-10-7-15(18-2)14(16)9-12(10)8-11-3-5-13(17)6-4-11/h7,9,11,13H,3-6,8,17H2,1-2H3. The van der Waals surface area contributed by atoms with E-state index in [9.17, 15) is 0 Å². The predicted octanol–water partition coefficient (Wildman–Crippen LogP) is 3.72. The molecule has 0 heterocycles. The summed E-state index contributed by atoms with van der Waals surface area (Å²) < 4.78 is 5.24. The molecular weight excluding hydrogens is 246 g/mol. The van der Waals surface area contributed by atoms with Crippen LogP contribution in [-0.4, -0.2) is 13.2 Å². The summed E-state index contributed by atoms with van der Waals surface area (Å²) in [4.78, 5) is 0. The lowest BCUT2D eigenvalue weighted by molar-refractivity contribution is 0.324. The van der Waals surface area contributed by atoms with Crippen LogP contribution in [0.1, 0.15) is 36.8 Å². The molecule has 0 aromatic heterocycles. The SMILES string of the molecule is COc1cc(C)c(CC2CCC(N)CC2)cc1Cl. The van der Waals surface area contributed by atoms with Crippen LogP contribution in [0, 0.1) is 12.8 Å². The van der Waals surface area contributed by atoms with Gasteiger partial charge in [0.1, 0.15) is 5.75 Å². The van der Waals surface area contributed by atoms with Gasteiger partial charge in [0.15, 0.2) is 0 Å². The van der Waals surface area contributed by atoms with Gasteiger partial charge in [-0.05, 0) is 68.2 Å². The van der Waals surface area contributed by atoms with E-state index in [0.29, 0.717) is 11.1 Å². The molecule has 0 radical (unpaired) electrons. The Morgan fingerprint density at radius 2 is 1.94 bits per heavy atom. The fourth-order valence-corrected chi connectivity index (χ4v) is 3.04. The van der Waals surface area contributed by atoms with Crippen molar-refractivity contribution in [3.05, 3.63) is 28.3 Å². The summed E-state index contributed by atoms with van der Waals surface area (Å²) in [6, 6.07) is 4.51. The van der Waals surface area contributed by atoms with Crippen LogP contribution < -0.4 is 10.5 Å². The molecule has 0 aliphatic heterocycles. The van der Waals surface area contributed by atoms with Crippen molar-refractivity contribution in [2.24, 2.45) is 11.7 Å². The third-order valence-electron chi connectivity index (χ3n) is 4.01. The van der Waals surface area contributed by atoms with Crippen LogP contribution in [0.15, 0.2) is 12.1 Å². The van der Waals surface area contributed by atoms with Gasteiger partial charge in [-0.2, -0.15) is 0 Å². The van der Waals surface area contributed by atoms with E-state index in [1.165, 1.54) is 24.0 Å². The lowest BCUT2D eigenvalue weighted by Gasteiger charge is -2.26. The highest BCUT2D eigenvalue weighted by Gasteiger charge is 2.19. The Morgan fingerprint density at radius 1 is 1.28 bits per heavy atom. The normalized spacial score (nSPS) is 24.0. The zero-order chi connectivity index (χ0) is 13.1. The van der Waals surface area contributed by atoms with Gasteiger partial charge in [-0.15, -0.1) is 0 Å². The largest absolute Gasteiger partial charge is 0.495 e. The van der Waals surface area contributed by atoms with E-state index in [0.717, 1.165) is 30.9 Å². The van der Waals surface area contributed by atoms with Crippen molar-refractivity contribution in [2.45, 2.75) is 45.1 Å². The molecule has 2 rings (SSSR count). The number of hydrogen-bond acceptors (Lipinski definition) is 2. The molecule has 0 amide bonds. The molecule has 3 heteroatoms. The van der Waals surface area contributed by atoms with E-state index >= 15 is 0 Å². The lowest BCUT2D eigenvalue weighted by Crippen LogP contribution is -2.27. The van der Waals surface area contributed by atoms with Crippen LogP contribution in [0.4, 0.5) is 0 Å². The highest BCUT2D eigenvalue weighted by atomic mass is 35.5. The fourth-order valence-electron chi connectivity index (χ4n) is 2.78. The van der Waals surface area contributed by atoms with Crippen molar-refractivity contribution in [1.29, 1.82) is 0 Å². The van der Waals surface area contributed by atoms with E-state index in [1.807, 2.05) is 6.07 Å². The van der Waals surface area contributed by atoms with Crippen molar-refractivity contribution in [3.8, 4) is 5.75 Å². The first-order valence-corrected chi connectivity index (χ1v) is 7.06. The van der Waals surface area contributed by atoms with Gasteiger partial charge in [0, 0.05) is 6.04 Å². The second-order valence-electron chi connectivity index (χ2n) is 5.40. The van der Waals surface area contributed by atoms with E-state index in [2.05, 4.69) is 13.0 Å². The number of hydrogen-bond donors (Lipinski definition) is 1. The monoisotopic (exact) mass is 267 g/mol. The van der Waals surface area contributed by atoms with Gasteiger partial charge < -0.3 is 10.5 Å². The molecule has 0 saturated heterocycles. The first-order chi connectivity index (χ1) is 8.60. The van der Waals surface area contributed by atoms with Crippen LogP contribution in [0.2, 0.25) is 5.02 Å². The molecule has 0 spiro atoms. The smallest absolute Gasteiger partial charge is 0.137 e. The van der Waals surface area contributed by atoms with Crippen LogP contribution >= 0.6 is 11.6 Å². The van der Waals surface area contributed by atoms with E-state index in [1.54, 1.807) is 7.11 Å². The zero-order valence-corrected chi connectivity index (χ0v) is 12.0. The Kier molecular flexibility index (Phi) is 4.52. The van der Waals surface area contributed by atoms with E-state index in [-0.39, 0.29) is 0 Å². The third-order valence-corrected chi connectivity index (χ3v) is 4.31. The molecule has 2 nitrogen and oxygen atoms in total. The Morgan fingerprint density at radius 3 is 2.56 bits per heavy atom. The molecule has 1 aliphatic carbocycles. The Bertz CT molecular complexity index is 411. The zero-order valence-electron chi connectivity index (χ0n) is 11.2. The van der Waals surface area contributed by atoms with Gasteiger partial charge in [-0.3, -0.25) is 0 Å². The summed E-state index contributed by atoms with van der Waals surface area (Å²) in [5.41, 5.74) is 8.56. The molecular formula is C15H22ClNO. The molecule has 1 aromatic carbocycles. The number of halogens is 1. The van der Waals surface area contributed by atoms with Crippen molar-refractivity contribution >= 4 is 11.6 Å². The van der Waals surface area contributed by atoms with Crippen molar-refractivity contribution in [3.63, 3.8) is 0 Å². The molecule has 18 heavy (non-hydrogen) atoms. The van der Waals surface area contributed by atoms with Crippen molar-refractivity contribution in [2.75, 3.05) is 7.11 Å². The summed E-state index contributed by atoms with van der Waals surface area (Å²) >= 11 is 6.20. The Balaban J connectivity index is 2.07. The minimum Gasteiger partial charge on any atom is -0.495 e. The van der Waals surface area contributed by atoms with E-state index < -0.39 is 0 Å². The van der Waals surface area contributed by atoms with Gasteiger partial charge in [-0.25, -0.2) is 0 Å². The molecule has 0 unspecified atom stereocenters. The summed E-state index contributed by atoms with van der Waals surface area (Å²) in [6.07, 6.45) is 5.91. The second-order valence-corrected chi connectivity index (χ2v) is 5.81. The number of nitrogens with two attached hydrogens (primary N) is 1. The van der Waals surface area contributed by atoms with Crippen LogP contribution in [0.25, 0.3) is 0 Å². The molecule has 1 aromatic rings. The number of rotatable bonds is 3. The average molecular weight is 268 g/mol. The quantitative estimate of drug-likeness (QED) is 0.906. The minimum atomic E-state index is 0.418. The lowest BCUT2D eigenvalue weighted by atomic mass is 9.82. The summed E-state index contributed by atoms with van der Waals surface area (Å²) in [5.74, 6) is 1.52. The molecule has 1 aliphatic rings. The molecule has 100 valence electrons. The van der Waals surface area contributed by atoms with Gasteiger partial charge in [0.25, 0.3) is 0 Å². The Labute approximate surface area is 114 Å². The molecule has 0 bridgehead atoms. The minimum absolute atomic E-state index is 0.418. The van der Waals surface area contributed by atoms with Crippen LogP contribution in [0.3, 0.4) is 0 Å². The fraction of sp³-hybridized carbons (Fsp3) is 0.600. The summed E-state index contributed by atoms with van der Waals surface area (Å²) in [5, 5.41) is 0.714. The maximum absolute atomic E-state index is 6.20. The summed E-state index contributed by atoms with van der Waals surface area (Å²) in [6.45, 7) is 2.13. The number of aryl methyl sites for hydroxylation is 1. The van der Waals surface area contributed by atoms with Gasteiger partial charge >= 0.3 is 0 Å². The molecule has 1 saturated carbocycles. The van der Waals surface area contributed by atoms with Crippen molar-refractivity contribution in [1.82, 2.24) is 0 Å². The number of ether oxygens (including phenoxy) is 1. The van der Waals surface area contributed by atoms with Crippen LogP contribution in [-0.2, 0) is 6.42 Å². The third kappa shape index (κ3) is 3.18. The van der Waals surface area contributed by atoms with Crippen molar-refractivity contribution < 1.29 is 4.74 Å². The van der Waals surface area contributed by atoms with E-state index in [4.69, 9.17) is 22.1 Å². The maximum Gasteiger partial charge on any atom is 0.137 e. The van der Waals surface area contributed by atoms with Crippen LogP contribution in [0.5, 0.6) is 5.75 Å². The number of methoxy groups -OCH3 is 1. The predicted molar refractivity (Wildman–Crippen MR) is 76.4 cm³/mol. The first-order valence-electron chi connectivity index (χ1n) is 6.68.